The predicted octanol–water partition coefficient (Wildman–Crippen LogP) is 1.99. The number of fused-ring (bicyclic) bond motifs is 1. The molecule has 0 N–H and O–H groups in total. The molecule has 1 aromatic heterocycles. The SMILES string of the molecule is c1ccc(C2=Nc3cncnc3OC2)cc1. The lowest BCUT2D eigenvalue weighted by Crippen LogP contribution is -2.16. The van der Waals surface area contributed by atoms with E-state index in [-0.39, 0.29) is 0 Å². The van der Waals surface area contributed by atoms with Crippen LogP contribution in [0.25, 0.3) is 0 Å². The summed E-state index contributed by atoms with van der Waals surface area (Å²) in [6.45, 7) is 0.452. The van der Waals surface area contributed by atoms with E-state index >= 15 is 0 Å². The van der Waals surface area contributed by atoms with Gasteiger partial charge in [0.15, 0.2) is 0 Å². The van der Waals surface area contributed by atoms with Gasteiger partial charge in [-0.25, -0.2) is 9.98 Å². The number of hydrogen-bond donors (Lipinski definition) is 0. The fourth-order valence-electron chi connectivity index (χ4n) is 1.59. The molecule has 2 aromatic rings. The van der Waals surface area contributed by atoms with Crippen molar-refractivity contribution in [2.24, 2.45) is 4.99 Å². The van der Waals surface area contributed by atoms with Gasteiger partial charge in [0.05, 0.1) is 11.9 Å². The summed E-state index contributed by atoms with van der Waals surface area (Å²) in [5, 5.41) is 0. The van der Waals surface area contributed by atoms with Crippen LogP contribution in [0.1, 0.15) is 5.56 Å². The zero-order valence-electron chi connectivity index (χ0n) is 8.50. The molecular formula is C12H9N3O. The summed E-state index contributed by atoms with van der Waals surface area (Å²) in [5.74, 6) is 0.551. The summed E-state index contributed by atoms with van der Waals surface area (Å²) in [5.41, 5.74) is 2.66. The molecule has 0 atom stereocenters. The third kappa shape index (κ3) is 1.54. The highest BCUT2D eigenvalue weighted by Gasteiger charge is 2.14. The monoisotopic (exact) mass is 211 g/mol. The van der Waals surface area contributed by atoms with E-state index in [0.29, 0.717) is 18.2 Å². The average Bonchev–Trinajstić information content (AvgIpc) is 2.39. The molecule has 78 valence electrons. The van der Waals surface area contributed by atoms with E-state index in [1.165, 1.54) is 6.33 Å². The first-order valence-electron chi connectivity index (χ1n) is 4.99. The van der Waals surface area contributed by atoms with Gasteiger partial charge in [0.25, 0.3) is 0 Å². The average molecular weight is 211 g/mol. The lowest BCUT2D eigenvalue weighted by Gasteiger charge is -2.15. The number of aromatic nitrogens is 2. The van der Waals surface area contributed by atoms with Crippen molar-refractivity contribution >= 4 is 11.4 Å². The first-order valence-corrected chi connectivity index (χ1v) is 4.99. The van der Waals surface area contributed by atoms with Crippen LogP contribution in [0.3, 0.4) is 0 Å². The number of ether oxygens (including phenoxy) is 1. The highest BCUT2D eigenvalue weighted by molar-refractivity contribution is 6.04. The molecule has 4 heteroatoms. The highest BCUT2D eigenvalue weighted by atomic mass is 16.5. The lowest BCUT2D eigenvalue weighted by molar-refractivity contribution is 0.357. The third-order valence-corrected chi connectivity index (χ3v) is 2.37. The summed E-state index contributed by atoms with van der Waals surface area (Å²) < 4.78 is 5.51. The second-order valence-electron chi connectivity index (χ2n) is 3.43. The van der Waals surface area contributed by atoms with Crippen LogP contribution in [0, 0.1) is 0 Å². The van der Waals surface area contributed by atoms with E-state index in [4.69, 9.17) is 4.74 Å². The van der Waals surface area contributed by atoms with E-state index in [1.54, 1.807) is 6.20 Å². The molecule has 0 amide bonds. The Labute approximate surface area is 92.7 Å². The van der Waals surface area contributed by atoms with Gasteiger partial charge in [0.2, 0.25) is 5.88 Å². The van der Waals surface area contributed by atoms with Gasteiger partial charge in [-0.15, -0.1) is 0 Å². The van der Waals surface area contributed by atoms with Gasteiger partial charge in [0.1, 0.15) is 18.6 Å². The van der Waals surface area contributed by atoms with Gasteiger partial charge in [0, 0.05) is 0 Å². The molecule has 1 aromatic carbocycles. The summed E-state index contributed by atoms with van der Waals surface area (Å²) in [6.07, 6.45) is 3.12. The van der Waals surface area contributed by atoms with E-state index < -0.39 is 0 Å². The van der Waals surface area contributed by atoms with Crippen molar-refractivity contribution in [3.63, 3.8) is 0 Å². The van der Waals surface area contributed by atoms with Gasteiger partial charge in [-0.2, -0.15) is 4.98 Å². The minimum absolute atomic E-state index is 0.452. The zero-order chi connectivity index (χ0) is 10.8. The molecule has 16 heavy (non-hydrogen) atoms. The third-order valence-electron chi connectivity index (χ3n) is 2.37. The fourth-order valence-corrected chi connectivity index (χ4v) is 1.59. The first kappa shape index (κ1) is 9.03. The van der Waals surface area contributed by atoms with Crippen LogP contribution < -0.4 is 4.74 Å². The second kappa shape index (κ2) is 3.73. The Balaban J connectivity index is 2.04. The van der Waals surface area contributed by atoms with Crippen LogP contribution in [0.4, 0.5) is 5.69 Å². The van der Waals surface area contributed by atoms with E-state index in [0.717, 1.165) is 11.3 Å². The van der Waals surface area contributed by atoms with Crippen LogP contribution in [0.15, 0.2) is 47.8 Å². The smallest absolute Gasteiger partial charge is 0.243 e. The minimum Gasteiger partial charge on any atom is -0.470 e. The lowest BCUT2D eigenvalue weighted by atomic mass is 10.1. The Hall–Kier alpha value is -2.23. The zero-order valence-corrected chi connectivity index (χ0v) is 8.50. The Morgan fingerprint density at radius 3 is 2.88 bits per heavy atom. The molecule has 2 heterocycles. The van der Waals surface area contributed by atoms with Crippen LogP contribution >= 0.6 is 0 Å². The van der Waals surface area contributed by atoms with Crippen molar-refractivity contribution in [3.8, 4) is 5.88 Å². The molecule has 0 unspecified atom stereocenters. The molecule has 0 saturated heterocycles. The predicted molar refractivity (Wildman–Crippen MR) is 60.2 cm³/mol. The summed E-state index contributed by atoms with van der Waals surface area (Å²) in [7, 11) is 0. The molecule has 0 bridgehead atoms. The molecule has 0 radical (unpaired) electrons. The maximum atomic E-state index is 5.51. The van der Waals surface area contributed by atoms with Gasteiger partial charge < -0.3 is 4.74 Å². The number of hydrogen-bond acceptors (Lipinski definition) is 4. The van der Waals surface area contributed by atoms with Gasteiger partial charge >= 0.3 is 0 Å². The standard InChI is InChI=1S/C12H9N3O/c1-2-4-9(5-3-1)11-7-16-12-10(15-11)6-13-8-14-12/h1-6,8H,7H2. The molecule has 1 aliphatic heterocycles. The van der Waals surface area contributed by atoms with Gasteiger partial charge in [-0.3, -0.25) is 0 Å². The van der Waals surface area contributed by atoms with E-state index in [2.05, 4.69) is 15.0 Å². The first-order chi connectivity index (χ1) is 7.93. The molecule has 0 saturated carbocycles. The Morgan fingerprint density at radius 1 is 1.12 bits per heavy atom. The summed E-state index contributed by atoms with van der Waals surface area (Å²) >= 11 is 0. The Bertz CT molecular complexity index is 537. The number of benzene rings is 1. The van der Waals surface area contributed by atoms with Crippen molar-refractivity contribution in [1.82, 2.24) is 9.97 Å². The van der Waals surface area contributed by atoms with Crippen molar-refractivity contribution in [1.29, 1.82) is 0 Å². The normalized spacial score (nSPS) is 13.6. The molecule has 0 aliphatic carbocycles. The molecule has 1 aliphatic rings. The van der Waals surface area contributed by atoms with Crippen LogP contribution in [0.2, 0.25) is 0 Å². The molecule has 3 rings (SSSR count). The maximum Gasteiger partial charge on any atom is 0.243 e. The number of rotatable bonds is 1. The Morgan fingerprint density at radius 2 is 2.00 bits per heavy atom. The van der Waals surface area contributed by atoms with Crippen molar-refractivity contribution < 1.29 is 4.74 Å². The van der Waals surface area contributed by atoms with Gasteiger partial charge in [-0.05, 0) is 5.56 Å². The van der Waals surface area contributed by atoms with Gasteiger partial charge in [-0.1, -0.05) is 30.3 Å². The van der Waals surface area contributed by atoms with Crippen molar-refractivity contribution in [2.75, 3.05) is 6.61 Å². The molecule has 4 nitrogen and oxygen atoms in total. The molecule has 0 fully saturated rings. The maximum absolute atomic E-state index is 5.51. The quantitative estimate of drug-likeness (QED) is 0.724. The summed E-state index contributed by atoms with van der Waals surface area (Å²) in [6, 6.07) is 9.96. The topological polar surface area (TPSA) is 47.4 Å². The van der Waals surface area contributed by atoms with Crippen molar-refractivity contribution in [2.45, 2.75) is 0 Å². The number of nitrogens with zero attached hydrogens (tertiary/aromatic N) is 3. The fraction of sp³-hybridized carbons (Fsp3) is 0.0833. The summed E-state index contributed by atoms with van der Waals surface area (Å²) in [4.78, 5) is 12.4. The molecular weight excluding hydrogens is 202 g/mol. The minimum atomic E-state index is 0.452. The van der Waals surface area contributed by atoms with Crippen LogP contribution in [-0.4, -0.2) is 22.3 Å². The molecule has 0 spiro atoms. The van der Waals surface area contributed by atoms with Crippen LogP contribution in [-0.2, 0) is 0 Å². The van der Waals surface area contributed by atoms with E-state index in [9.17, 15) is 0 Å². The van der Waals surface area contributed by atoms with Crippen LogP contribution in [0.5, 0.6) is 5.88 Å². The largest absolute Gasteiger partial charge is 0.470 e. The Kier molecular flexibility index (Phi) is 2.11. The number of aliphatic imine (C=N–C) groups is 1. The van der Waals surface area contributed by atoms with Crippen molar-refractivity contribution in [3.05, 3.63) is 48.4 Å². The highest BCUT2D eigenvalue weighted by Crippen LogP contribution is 2.27. The van der Waals surface area contributed by atoms with E-state index in [1.807, 2.05) is 30.3 Å². The second-order valence-corrected chi connectivity index (χ2v) is 3.43.